The van der Waals surface area contributed by atoms with Crippen LogP contribution in [0.1, 0.15) is 187 Å². The normalized spacial score (nSPS) is 12.4. The summed E-state index contributed by atoms with van der Waals surface area (Å²) in [5, 5.41) is 7.44. The fourth-order valence-electron chi connectivity index (χ4n) is 5.31. The summed E-state index contributed by atoms with van der Waals surface area (Å²) in [5.74, 6) is 0. The molecule has 1 atom stereocenters. The Morgan fingerprint density at radius 3 is 1.14 bits per heavy atom. The van der Waals surface area contributed by atoms with Gasteiger partial charge >= 0.3 is 0 Å². The summed E-state index contributed by atoms with van der Waals surface area (Å²) < 4.78 is 0. The number of unbranched alkanes of at least 4 members (excludes halogenated alkanes) is 22. The lowest BCUT2D eigenvalue weighted by Gasteiger charge is -2.17. The number of rotatable bonds is 32. The van der Waals surface area contributed by atoms with Crippen LogP contribution < -0.4 is 10.6 Å². The van der Waals surface area contributed by atoms with Crippen molar-refractivity contribution in [2.24, 2.45) is 0 Å². The van der Waals surface area contributed by atoms with Crippen LogP contribution in [-0.2, 0) is 0 Å². The molecule has 0 saturated heterocycles. The first kappa shape index (κ1) is 35.9. The van der Waals surface area contributed by atoms with E-state index in [1.807, 2.05) is 0 Å². The van der Waals surface area contributed by atoms with Gasteiger partial charge in [0.2, 0.25) is 0 Å². The lowest BCUT2D eigenvalue weighted by atomic mass is 10.0. The molecule has 217 valence electrons. The average molecular weight is 508 g/mol. The van der Waals surface area contributed by atoms with E-state index in [1.54, 1.807) is 0 Å². The van der Waals surface area contributed by atoms with Gasteiger partial charge < -0.3 is 10.6 Å². The fraction of sp³-hybridized carbons (Fsp3) is 0.971. The predicted octanol–water partition coefficient (Wildman–Crippen LogP) is 10.9. The van der Waals surface area contributed by atoms with Gasteiger partial charge in [0.05, 0.1) is 0 Å². The predicted molar refractivity (Wildman–Crippen MR) is 166 cm³/mol. The smallest absolute Gasteiger partial charge is 0.00675 e. The van der Waals surface area contributed by atoms with Crippen molar-refractivity contribution in [3.8, 4) is 0 Å². The Balaban J connectivity index is 3.25. The maximum Gasteiger partial charge on any atom is 0.00675 e. The summed E-state index contributed by atoms with van der Waals surface area (Å²) >= 11 is 0. The largest absolute Gasteiger partial charge is 0.317 e. The molecule has 2 N–H and O–H groups in total. The summed E-state index contributed by atoms with van der Waals surface area (Å²) in [6.07, 6.45) is 37.9. The average Bonchev–Trinajstić information content (AvgIpc) is 2.89. The van der Waals surface area contributed by atoms with E-state index in [2.05, 4.69) is 31.4 Å². The second kappa shape index (κ2) is 32.9. The van der Waals surface area contributed by atoms with E-state index in [4.69, 9.17) is 0 Å². The molecular formula is C34H71N2. The van der Waals surface area contributed by atoms with Crippen LogP contribution in [0.3, 0.4) is 0 Å². The lowest BCUT2D eigenvalue weighted by molar-refractivity contribution is 0.446. The van der Waals surface area contributed by atoms with Crippen LogP contribution in [0.25, 0.3) is 0 Å². The van der Waals surface area contributed by atoms with Gasteiger partial charge in [-0.1, -0.05) is 162 Å². The first-order chi connectivity index (χ1) is 17.8. The molecule has 0 spiro atoms. The molecular weight excluding hydrogens is 436 g/mol. The maximum atomic E-state index is 4.18. The maximum absolute atomic E-state index is 4.18. The molecule has 0 heterocycles. The highest BCUT2D eigenvalue weighted by molar-refractivity contribution is 4.69. The zero-order chi connectivity index (χ0) is 26.2. The molecule has 2 heteroatoms. The van der Waals surface area contributed by atoms with Gasteiger partial charge in [0, 0.05) is 6.04 Å². The zero-order valence-electron chi connectivity index (χ0n) is 25.5. The summed E-state index contributed by atoms with van der Waals surface area (Å²) in [7, 11) is 0. The molecule has 0 bridgehead atoms. The summed E-state index contributed by atoms with van der Waals surface area (Å²) in [6, 6.07) is 0.617. The van der Waals surface area contributed by atoms with Gasteiger partial charge in [-0.05, 0) is 51.7 Å². The lowest BCUT2D eigenvalue weighted by Crippen LogP contribution is -2.30. The third kappa shape index (κ3) is 30.1. The Bertz CT molecular complexity index is 370. The first-order valence-corrected chi connectivity index (χ1v) is 17.1. The molecule has 0 fully saturated rings. The van der Waals surface area contributed by atoms with E-state index in [9.17, 15) is 0 Å². The number of nitrogens with one attached hydrogen (secondary N) is 2. The van der Waals surface area contributed by atoms with E-state index >= 15 is 0 Å². The van der Waals surface area contributed by atoms with Gasteiger partial charge in [0.1, 0.15) is 0 Å². The molecule has 0 aromatic rings. The van der Waals surface area contributed by atoms with Crippen molar-refractivity contribution in [2.75, 3.05) is 19.6 Å². The van der Waals surface area contributed by atoms with Crippen molar-refractivity contribution >= 4 is 0 Å². The minimum Gasteiger partial charge on any atom is -0.317 e. The molecule has 1 radical (unpaired) electrons. The van der Waals surface area contributed by atoms with E-state index in [0.29, 0.717) is 6.04 Å². The Morgan fingerprint density at radius 1 is 0.417 bits per heavy atom. The van der Waals surface area contributed by atoms with Crippen molar-refractivity contribution in [3.63, 3.8) is 0 Å². The van der Waals surface area contributed by atoms with Crippen LogP contribution in [0.15, 0.2) is 0 Å². The molecule has 0 aliphatic heterocycles. The van der Waals surface area contributed by atoms with Crippen molar-refractivity contribution in [3.05, 3.63) is 6.92 Å². The van der Waals surface area contributed by atoms with Gasteiger partial charge in [-0.15, -0.1) is 0 Å². The standard InChI is InChI=1S/C34H71N2/c1-4-7-9-11-13-15-17-19-21-23-25-27-31-35-32-29-30-34(6-3)36-33-28-26-24-22-20-18-16-14-12-10-8-5-2/h34-36H,3-33H2,1-2H3. The monoisotopic (exact) mass is 508 g/mol. The number of hydrogen-bond acceptors (Lipinski definition) is 2. The van der Waals surface area contributed by atoms with E-state index < -0.39 is 0 Å². The minimum absolute atomic E-state index is 0.617. The van der Waals surface area contributed by atoms with Crippen LogP contribution >= 0.6 is 0 Å². The van der Waals surface area contributed by atoms with Gasteiger partial charge in [0.25, 0.3) is 0 Å². The molecule has 0 amide bonds. The van der Waals surface area contributed by atoms with E-state index in [0.717, 1.165) is 6.42 Å². The van der Waals surface area contributed by atoms with Crippen LogP contribution in [0.2, 0.25) is 0 Å². The fourth-order valence-corrected chi connectivity index (χ4v) is 5.31. The molecule has 2 nitrogen and oxygen atoms in total. The van der Waals surface area contributed by atoms with E-state index in [-0.39, 0.29) is 0 Å². The molecule has 1 unspecified atom stereocenters. The molecule has 0 aliphatic rings. The van der Waals surface area contributed by atoms with Crippen molar-refractivity contribution in [2.45, 2.75) is 193 Å². The van der Waals surface area contributed by atoms with Crippen LogP contribution in [0, 0.1) is 6.92 Å². The Morgan fingerprint density at radius 2 is 0.750 bits per heavy atom. The highest BCUT2D eigenvalue weighted by Crippen LogP contribution is 2.13. The Hall–Kier alpha value is -0.0800. The molecule has 36 heavy (non-hydrogen) atoms. The molecule has 0 aromatic carbocycles. The number of hydrogen-bond donors (Lipinski definition) is 2. The van der Waals surface area contributed by atoms with Gasteiger partial charge in [-0.25, -0.2) is 0 Å². The Kier molecular flexibility index (Phi) is 32.9. The SMILES string of the molecule is [CH2]CC(CCCNCCCCCCCCCCCCCC)NCCCCCCCCCCCCCC. The highest BCUT2D eigenvalue weighted by atomic mass is 14.9. The first-order valence-electron chi connectivity index (χ1n) is 17.1. The zero-order valence-corrected chi connectivity index (χ0v) is 25.5. The second-order valence-corrected chi connectivity index (χ2v) is 11.6. The molecule has 0 saturated carbocycles. The van der Waals surface area contributed by atoms with Gasteiger partial charge in [-0.2, -0.15) is 0 Å². The van der Waals surface area contributed by atoms with Crippen LogP contribution in [-0.4, -0.2) is 25.7 Å². The quantitative estimate of drug-likeness (QED) is 0.0884. The summed E-state index contributed by atoms with van der Waals surface area (Å²) in [4.78, 5) is 0. The van der Waals surface area contributed by atoms with Gasteiger partial charge in [-0.3, -0.25) is 0 Å². The second-order valence-electron chi connectivity index (χ2n) is 11.6. The topological polar surface area (TPSA) is 24.1 Å². The molecule has 0 aliphatic carbocycles. The van der Waals surface area contributed by atoms with E-state index in [1.165, 1.54) is 187 Å². The van der Waals surface area contributed by atoms with Crippen molar-refractivity contribution < 1.29 is 0 Å². The van der Waals surface area contributed by atoms with Crippen LogP contribution in [0.4, 0.5) is 0 Å². The summed E-state index contributed by atoms with van der Waals surface area (Å²) in [6.45, 7) is 12.3. The van der Waals surface area contributed by atoms with Gasteiger partial charge in [0.15, 0.2) is 0 Å². The molecule has 0 rings (SSSR count). The Labute approximate surface area is 230 Å². The van der Waals surface area contributed by atoms with Crippen molar-refractivity contribution in [1.29, 1.82) is 0 Å². The highest BCUT2D eigenvalue weighted by Gasteiger charge is 2.04. The van der Waals surface area contributed by atoms with Crippen LogP contribution in [0.5, 0.6) is 0 Å². The summed E-state index contributed by atoms with van der Waals surface area (Å²) in [5.41, 5.74) is 0. The minimum atomic E-state index is 0.617. The van der Waals surface area contributed by atoms with Crippen molar-refractivity contribution in [1.82, 2.24) is 10.6 Å². The third-order valence-electron chi connectivity index (χ3n) is 7.93. The third-order valence-corrected chi connectivity index (χ3v) is 7.93. The molecule has 0 aromatic heterocycles.